The van der Waals surface area contributed by atoms with Crippen molar-refractivity contribution in [3.05, 3.63) is 82.2 Å². The van der Waals surface area contributed by atoms with E-state index < -0.39 is 11.9 Å². The summed E-state index contributed by atoms with van der Waals surface area (Å²) in [5.41, 5.74) is 3.90. The first-order valence-corrected chi connectivity index (χ1v) is 11.6. The fourth-order valence-electron chi connectivity index (χ4n) is 3.60. The number of amides is 2. The van der Waals surface area contributed by atoms with E-state index in [1.54, 1.807) is 76.2 Å². The topological polar surface area (TPSA) is 123 Å². The molecular weight excluding hydrogens is 462 g/mol. The maximum absolute atomic E-state index is 13.0. The number of anilines is 2. The molecule has 0 aliphatic carbocycles. The number of dihydropyridines is 1. The molecule has 3 N–H and O–H groups in total. The van der Waals surface area contributed by atoms with Gasteiger partial charge in [-0.05, 0) is 76.2 Å². The average molecular weight is 492 g/mol. The van der Waals surface area contributed by atoms with Gasteiger partial charge in [-0.3, -0.25) is 9.59 Å². The van der Waals surface area contributed by atoms with Crippen LogP contribution in [0.25, 0.3) is 0 Å². The maximum atomic E-state index is 13.0. The van der Waals surface area contributed by atoms with Crippen molar-refractivity contribution in [3.63, 3.8) is 0 Å². The highest BCUT2D eigenvalue weighted by molar-refractivity contribution is 6.10. The summed E-state index contributed by atoms with van der Waals surface area (Å²) in [6, 6.07) is 12.8. The lowest BCUT2D eigenvalue weighted by atomic mass is 9.96. The third-order valence-corrected chi connectivity index (χ3v) is 5.49. The first-order valence-electron chi connectivity index (χ1n) is 11.6. The quantitative estimate of drug-likeness (QED) is 0.474. The molecule has 3 rings (SSSR count). The molecule has 0 radical (unpaired) electrons. The molecule has 2 aromatic rings. The Morgan fingerprint density at radius 2 is 1.06 bits per heavy atom. The Kier molecular flexibility index (Phi) is 8.61. The Balaban J connectivity index is 1.66. The summed E-state index contributed by atoms with van der Waals surface area (Å²) in [5, 5.41) is 8.71. The molecule has 2 amide bonds. The van der Waals surface area contributed by atoms with E-state index in [1.165, 1.54) is 0 Å². The van der Waals surface area contributed by atoms with Crippen LogP contribution in [0, 0.1) is 0 Å². The van der Waals surface area contributed by atoms with Crippen molar-refractivity contribution >= 4 is 35.1 Å². The molecule has 0 saturated carbocycles. The van der Waals surface area contributed by atoms with Gasteiger partial charge in [0.1, 0.15) is 0 Å². The Morgan fingerprint density at radius 1 is 0.694 bits per heavy atom. The molecule has 0 aromatic heterocycles. The Bertz CT molecular complexity index is 1130. The van der Waals surface area contributed by atoms with E-state index in [0.717, 1.165) is 0 Å². The minimum atomic E-state index is -0.433. The zero-order valence-corrected chi connectivity index (χ0v) is 20.7. The van der Waals surface area contributed by atoms with Gasteiger partial charge in [0.15, 0.2) is 0 Å². The van der Waals surface area contributed by atoms with E-state index in [-0.39, 0.29) is 31.4 Å². The smallest absolute Gasteiger partial charge is 0.338 e. The SMILES string of the molecule is CCOC(=O)c1ccc(NC(=O)C2=C(C)NC(C)=C(C(=O)Nc3ccc(C(=O)OCC)cc3)C2)cc1. The molecule has 188 valence electrons. The predicted molar refractivity (Wildman–Crippen MR) is 135 cm³/mol. The van der Waals surface area contributed by atoms with Crippen LogP contribution < -0.4 is 16.0 Å². The van der Waals surface area contributed by atoms with Crippen LogP contribution >= 0.6 is 0 Å². The monoisotopic (exact) mass is 491 g/mol. The van der Waals surface area contributed by atoms with Gasteiger partial charge in [-0.25, -0.2) is 9.59 Å². The molecule has 1 aliphatic rings. The molecule has 0 spiro atoms. The van der Waals surface area contributed by atoms with Crippen molar-refractivity contribution in [2.45, 2.75) is 34.1 Å². The number of allylic oxidation sites excluding steroid dienone is 2. The van der Waals surface area contributed by atoms with Crippen molar-refractivity contribution in [1.82, 2.24) is 5.32 Å². The summed E-state index contributed by atoms with van der Waals surface area (Å²) >= 11 is 0. The second-order valence-electron chi connectivity index (χ2n) is 8.01. The second kappa shape index (κ2) is 11.8. The van der Waals surface area contributed by atoms with E-state index >= 15 is 0 Å². The fourth-order valence-corrected chi connectivity index (χ4v) is 3.60. The average Bonchev–Trinajstić information content (AvgIpc) is 2.85. The largest absolute Gasteiger partial charge is 0.462 e. The highest BCUT2D eigenvalue weighted by Gasteiger charge is 2.25. The minimum Gasteiger partial charge on any atom is -0.462 e. The van der Waals surface area contributed by atoms with Gasteiger partial charge in [-0.1, -0.05) is 0 Å². The van der Waals surface area contributed by atoms with Crippen LogP contribution in [0.5, 0.6) is 0 Å². The van der Waals surface area contributed by atoms with Crippen molar-refractivity contribution in [1.29, 1.82) is 0 Å². The van der Waals surface area contributed by atoms with Crippen LogP contribution in [-0.2, 0) is 19.1 Å². The molecule has 1 aliphatic heterocycles. The molecule has 0 atom stereocenters. The molecule has 36 heavy (non-hydrogen) atoms. The van der Waals surface area contributed by atoms with Crippen LogP contribution in [0.3, 0.4) is 0 Å². The predicted octanol–water partition coefficient (Wildman–Crippen LogP) is 4.16. The molecule has 0 bridgehead atoms. The van der Waals surface area contributed by atoms with Gasteiger partial charge in [0, 0.05) is 40.3 Å². The Morgan fingerprint density at radius 3 is 1.39 bits per heavy atom. The molecule has 2 aromatic carbocycles. The van der Waals surface area contributed by atoms with E-state index in [0.29, 0.717) is 45.0 Å². The molecule has 0 saturated heterocycles. The normalized spacial score (nSPS) is 13.0. The van der Waals surface area contributed by atoms with Crippen LogP contribution in [0.1, 0.15) is 54.8 Å². The standard InChI is InChI=1S/C27H29N3O6/c1-5-35-26(33)18-7-11-20(12-8-18)29-24(31)22-15-23(17(4)28-16(22)3)25(32)30-21-13-9-19(10-14-21)27(34)36-6-2/h7-14,28H,5-6,15H2,1-4H3,(H,29,31)(H,30,32). The lowest BCUT2D eigenvalue weighted by Gasteiger charge is -2.23. The van der Waals surface area contributed by atoms with Crippen LogP contribution in [-0.4, -0.2) is 37.0 Å². The van der Waals surface area contributed by atoms with Crippen LogP contribution in [0.15, 0.2) is 71.1 Å². The van der Waals surface area contributed by atoms with Gasteiger partial charge in [0.2, 0.25) is 0 Å². The maximum Gasteiger partial charge on any atom is 0.338 e. The lowest BCUT2D eigenvalue weighted by molar-refractivity contribution is -0.113. The summed E-state index contributed by atoms with van der Waals surface area (Å²) in [7, 11) is 0. The van der Waals surface area contributed by atoms with E-state index in [9.17, 15) is 19.2 Å². The van der Waals surface area contributed by atoms with Crippen molar-refractivity contribution in [3.8, 4) is 0 Å². The first-order chi connectivity index (χ1) is 17.2. The zero-order chi connectivity index (χ0) is 26.2. The number of ether oxygens (including phenoxy) is 2. The Hall–Kier alpha value is -4.40. The number of nitrogens with one attached hydrogen (secondary N) is 3. The highest BCUT2D eigenvalue weighted by Crippen LogP contribution is 2.25. The Labute approximate surface area is 209 Å². The highest BCUT2D eigenvalue weighted by atomic mass is 16.5. The summed E-state index contributed by atoms with van der Waals surface area (Å²) < 4.78 is 9.93. The molecule has 0 fully saturated rings. The number of rotatable bonds is 8. The number of carbonyl (C=O) groups is 4. The summed E-state index contributed by atoms with van der Waals surface area (Å²) in [6.07, 6.45) is 0.129. The third-order valence-electron chi connectivity index (χ3n) is 5.49. The fraction of sp³-hybridized carbons (Fsp3) is 0.259. The number of benzene rings is 2. The first kappa shape index (κ1) is 26.2. The molecule has 1 heterocycles. The van der Waals surface area contributed by atoms with Gasteiger partial charge in [0.05, 0.1) is 24.3 Å². The molecular formula is C27H29N3O6. The molecule has 9 heteroatoms. The third kappa shape index (κ3) is 6.38. The van der Waals surface area contributed by atoms with Gasteiger partial charge >= 0.3 is 11.9 Å². The number of hydrogen-bond acceptors (Lipinski definition) is 7. The van der Waals surface area contributed by atoms with Crippen molar-refractivity contribution < 1.29 is 28.7 Å². The van der Waals surface area contributed by atoms with Gasteiger partial charge in [-0.15, -0.1) is 0 Å². The summed E-state index contributed by atoms with van der Waals surface area (Å²) in [4.78, 5) is 49.6. The van der Waals surface area contributed by atoms with Crippen molar-refractivity contribution in [2.24, 2.45) is 0 Å². The van der Waals surface area contributed by atoms with E-state index in [4.69, 9.17) is 9.47 Å². The summed E-state index contributed by atoms with van der Waals surface area (Å²) in [6.45, 7) is 7.55. The minimum absolute atomic E-state index is 0.129. The summed E-state index contributed by atoms with van der Waals surface area (Å²) in [5.74, 6) is -1.59. The second-order valence-corrected chi connectivity index (χ2v) is 8.01. The lowest BCUT2D eigenvalue weighted by Crippen LogP contribution is -2.29. The number of carbonyl (C=O) groups excluding carboxylic acids is 4. The van der Waals surface area contributed by atoms with Crippen molar-refractivity contribution in [2.75, 3.05) is 23.8 Å². The van der Waals surface area contributed by atoms with Gasteiger partial charge < -0.3 is 25.4 Å². The number of hydrogen-bond donors (Lipinski definition) is 3. The van der Waals surface area contributed by atoms with Crippen LogP contribution in [0.2, 0.25) is 0 Å². The molecule has 9 nitrogen and oxygen atoms in total. The number of esters is 2. The van der Waals surface area contributed by atoms with Crippen LogP contribution in [0.4, 0.5) is 11.4 Å². The van der Waals surface area contributed by atoms with E-state index in [2.05, 4.69) is 16.0 Å². The zero-order valence-electron chi connectivity index (χ0n) is 20.7. The molecule has 0 unspecified atom stereocenters. The van der Waals surface area contributed by atoms with Gasteiger partial charge in [0.25, 0.3) is 11.8 Å². The van der Waals surface area contributed by atoms with Gasteiger partial charge in [-0.2, -0.15) is 0 Å². The van der Waals surface area contributed by atoms with E-state index in [1.807, 2.05) is 0 Å².